The maximum Gasteiger partial charge on any atom is 0.296 e. The number of aryl methyl sites for hydroxylation is 1. The zero-order valence-electron chi connectivity index (χ0n) is 16.8. The van der Waals surface area contributed by atoms with Gasteiger partial charge in [-0.1, -0.05) is 47.6 Å². The topological polar surface area (TPSA) is 76.6 Å². The largest absolute Gasteiger partial charge is 0.450 e. The molecule has 1 amide bonds. The van der Waals surface area contributed by atoms with E-state index in [0.29, 0.717) is 22.3 Å². The van der Waals surface area contributed by atoms with Crippen molar-refractivity contribution in [2.24, 2.45) is 0 Å². The summed E-state index contributed by atoms with van der Waals surface area (Å²) in [6.45, 7) is 1.70. The van der Waals surface area contributed by atoms with Gasteiger partial charge in [0.05, 0.1) is 17.0 Å². The third kappa shape index (κ3) is 2.54. The lowest BCUT2D eigenvalue weighted by Gasteiger charge is -2.22. The molecule has 1 unspecified atom stereocenters. The highest BCUT2D eigenvalue weighted by Gasteiger charge is 2.45. The fourth-order valence-electron chi connectivity index (χ4n) is 4.40. The van der Waals surface area contributed by atoms with Crippen molar-refractivity contribution < 1.29 is 18.1 Å². The fraction of sp³-hybridized carbons (Fsp3) is 0.0800. The van der Waals surface area contributed by atoms with Crippen LogP contribution in [0.4, 0.5) is 10.2 Å². The van der Waals surface area contributed by atoms with Crippen molar-refractivity contribution in [2.45, 2.75) is 13.0 Å². The van der Waals surface area contributed by atoms with E-state index in [0.717, 1.165) is 10.8 Å². The normalized spacial score (nSPS) is 15.6. The zero-order chi connectivity index (χ0) is 22.0. The molecule has 0 N–H and O–H groups in total. The monoisotopic (exact) mass is 426 g/mol. The van der Waals surface area contributed by atoms with Gasteiger partial charge in [-0.15, -0.1) is 0 Å². The van der Waals surface area contributed by atoms with Gasteiger partial charge in [-0.3, -0.25) is 14.5 Å². The second kappa shape index (κ2) is 6.62. The van der Waals surface area contributed by atoms with Gasteiger partial charge in [0.1, 0.15) is 17.2 Å². The Morgan fingerprint density at radius 1 is 0.969 bits per heavy atom. The van der Waals surface area contributed by atoms with Gasteiger partial charge in [0.25, 0.3) is 5.91 Å². The molecular weight excluding hydrogens is 411 g/mol. The van der Waals surface area contributed by atoms with Crippen LogP contribution in [-0.4, -0.2) is 11.1 Å². The Balaban J connectivity index is 1.70. The number of rotatable bonds is 2. The number of hydrogen-bond donors (Lipinski definition) is 0. The van der Waals surface area contributed by atoms with Crippen LogP contribution in [0.1, 0.15) is 33.5 Å². The molecule has 0 saturated heterocycles. The van der Waals surface area contributed by atoms with Crippen LogP contribution in [0.25, 0.3) is 21.7 Å². The number of carbonyl (C=O) groups excluding carboxylic acids is 1. The molecule has 1 aliphatic rings. The molecule has 0 bridgehead atoms. The molecular formula is C25H15FN2O4. The molecule has 5 aromatic rings. The average Bonchev–Trinajstić information content (AvgIpc) is 3.35. The fourth-order valence-corrected chi connectivity index (χ4v) is 4.40. The number of benzene rings is 3. The van der Waals surface area contributed by atoms with Crippen LogP contribution in [-0.2, 0) is 0 Å². The molecule has 3 heterocycles. The number of amides is 1. The van der Waals surface area contributed by atoms with Gasteiger partial charge in [-0.25, -0.2) is 4.39 Å². The van der Waals surface area contributed by atoms with E-state index in [-0.39, 0.29) is 22.6 Å². The van der Waals surface area contributed by atoms with Crippen LogP contribution in [0, 0.1) is 12.7 Å². The van der Waals surface area contributed by atoms with E-state index >= 15 is 0 Å². The van der Waals surface area contributed by atoms with Crippen molar-refractivity contribution in [1.82, 2.24) is 5.16 Å². The summed E-state index contributed by atoms with van der Waals surface area (Å²) in [4.78, 5) is 28.5. The molecule has 3 aromatic carbocycles. The van der Waals surface area contributed by atoms with Crippen LogP contribution in [0.15, 0.2) is 80.5 Å². The zero-order valence-corrected chi connectivity index (χ0v) is 16.8. The first-order valence-corrected chi connectivity index (χ1v) is 10.0. The average molecular weight is 426 g/mol. The summed E-state index contributed by atoms with van der Waals surface area (Å²) >= 11 is 0. The molecule has 32 heavy (non-hydrogen) atoms. The van der Waals surface area contributed by atoms with Gasteiger partial charge in [0, 0.05) is 11.5 Å². The first kappa shape index (κ1) is 18.5. The maximum atomic E-state index is 14.1. The van der Waals surface area contributed by atoms with Crippen LogP contribution >= 0.6 is 0 Å². The summed E-state index contributed by atoms with van der Waals surface area (Å²) in [7, 11) is 0. The lowest BCUT2D eigenvalue weighted by molar-refractivity contribution is 0.0969. The molecule has 0 saturated carbocycles. The minimum Gasteiger partial charge on any atom is -0.450 e. The van der Waals surface area contributed by atoms with Gasteiger partial charge in [-0.05, 0) is 36.1 Å². The predicted octanol–water partition coefficient (Wildman–Crippen LogP) is 5.13. The lowest BCUT2D eigenvalue weighted by Crippen LogP contribution is -2.29. The van der Waals surface area contributed by atoms with Crippen LogP contribution in [0.2, 0.25) is 0 Å². The summed E-state index contributed by atoms with van der Waals surface area (Å²) in [6, 6.07) is 17.5. The van der Waals surface area contributed by atoms with Crippen molar-refractivity contribution in [3.63, 3.8) is 0 Å². The molecule has 6 nitrogen and oxygen atoms in total. The van der Waals surface area contributed by atoms with Gasteiger partial charge >= 0.3 is 0 Å². The number of anilines is 1. The van der Waals surface area contributed by atoms with E-state index in [9.17, 15) is 14.0 Å². The Labute approximate surface area is 180 Å². The first-order chi connectivity index (χ1) is 15.5. The van der Waals surface area contributed by atoms with Crippen molar-refractivity contribution in [2.75, 3.05) is 4.90 Å². The quantitative estimate of drug-likeness (QED) is 0.366. The Morgan fingerprint density at radius 3 is 2.59 bits per heavy atom. The molecule has 7 heteroatoms. The summed E-state index contributed by atoms with van der Waals surface area (Å²) in [5.41, 5.74) is 0.600. The van der Waals surface area contributed by atoms with Gasteiger partial charge < -0.3 is 8.94 Å². The predicted molar refractivity (Wildman–Crippen MR) is 116 cm³/mol. The molecule has 6 rings (SSSR count). The Kier molecular flexibility index (Phi) is 3.83. The first-order valence-electron chi connectivity index (χ1n) is 10.0. The van der Waals surface area contributed by atoms with E-state index in [1.807, 2.05) is 30.3 Å². The third-order valence-electron chi connectivity index (χ3n) is 5.79. The summed E-state index contributed by atoms with van der Waals surface area (Å²) in [5, 5.41) is 5.95. The highest BCUT2D eigenvalue weighted by atomic mass is 19.1. The number of halogens is 1. The number of fused-ring (bicyclic) bond motifs is 4. The van der Waals surface area contributed by atoms with Crippen molar-refractivity contribution >= 4 is 33.5 Å². The molecule has 0 fully saturated rings. The van der Waals surface area contributed by atoms with E-state index in [1.165, 1.54) is 23.1 Å². The van der Waals surface area contributed by atoms with E-state index in [2.05, 4.69) is 5.16 Å². The van der Waals surface area contributed by atoms with Crippen LogP contribution in [0.5, 0.6) is 0 Å². The molecule has 1 aliphatic heterocycles. The van der Waals surface area contributed by atoms with Gasteiger partial charge in [0.2, 0.25) is 5.76 Å². The highest BCUT2D eigenvalue weighted by molar-refractivity contribution is 6.12. The highest BCUT2D eigenvalue weighted by Crippen LogP contribution is 2.41. The summed E-state index contributed by atoms with van der Waals surface area (Å²) in [6.07, 6.45) is 0. The molecule has 0 spiro atoms. The van der Waals surface area contributed by atoms with Crippen molar-refractivity contribution in [3.05, 3.63) is 105 Å². The minimum absolute atomic E-state index is 0.0752. The molecule has 0 radical (unpaired) electrons. The number of carbonyl (C=O) groups is 1. The van der Waals surface area contributed by atoms with Crippen molar-refractivity contribution in [3.8, 4) is 0 Å². The Morgan fingerprint density at radius 2 is 1.81 bits per heavy atom. The van der Waals surface area contributed by atoms with Crippen molar-refractivity contribution in [1.29, 1.82) is 0 Å². The molecule has 156 valence electrons. The van der Waals surface area contributed by atoms with Crippen LogP contribution in [0.3, 0.4) is 0 Å². The smallest absolute Gasteiger partial charge is 0.296 e. The molecule has 2 aromatic heterocycles. The van der Waals surface area contributed by atoms with Crippen LogP contribution < -0.4 is 10.3 Å². The van der Waals surface area contributed by atoms with E-state index in [1.54, 1.807) is 25.1 Å². The third-order valence-corrected chi connectivity index (χ3v) is 5.79. The second-order valence-electron chi connectivity index (χ2n) is 7.77. The summed E-state index contributed by atoms with van der Waals surface area (Å²) < 4.78 is 25.4. The van der Waals surface area contributed by atoms with E-state index < -0.39 is 17.8 Å². The Hall–Kier alpha value is -4.26. The molecule has 0 aliphatic carbocycles. The molecule has 1 atom stereocenters. The number of nitrogens with zero attached hydrogens (tertiary/aromatic N) is 2. The summed E-state index contributed by atoms with van der Waals surface area (Å²) in [5.74, 6) is -0.363. The van der Waals surface area contributed by atoms with E-state index in [4.69, 9.17) is 8.94 Å². The standard InChI is InChI=1S/C25H15FN2O4/c1-13-11-19(27-32-13)28-21(15-6-4-7-16(26)12-15)20-22(29)18-10-9-14-5-2-3-8-17(14)23(18)31-24(20)25(28)30/h2-12,21H,1H3. The number of aromatic nitrogens is 1. The lowest BCUT2D eigenvalue weighted by atomic mass is 9.97. The minimum atomic E-state index is -0.898. The van der Waals surface area contributed by atoms with Gasteiger partial charge in [-0.2, -0.15) is 0 Å². The maximum absolute atomic E-state index is 14.1. The second-order valence-corrected chi connectivity index (χ2v) is 7.77. The number of hydrogen-bond acceptors (Lipinski definition) is 5. The SMILES string of the molecule is Cc1cc(N2C(=O)c3oc4c(ccc5ccccc54)c(=O)c3C2c2cccc(F)c2)no1. The Bertz CT molecular complexity index is 1620. The van der Waals surface area contributed by atoms with Gasteiger partial charge in [0.15, 0.2) is 11.2 Å².